The molecule has 1 amide bonds. The molecule has 1 N–H and O–H groups in total. The molecule has 2 aromatic carbocycles. The number of ketones is 1. The number of para-hydroxylation sites is 1. The van der Waals surface area contributed by atoms with Crippen LogP contribution in [0.25, 0.3) is 10.2 Å². The van der Waals surface area contributed by atoms with Crippen molar-refractivity contribution in [2.75, 3.05) is 13.2 Å². The van der Waals surface area contributed by atoms with Gasteiger partial charge in [0.1, 0.15) is 18.2 Å². The summed E-state index contributed by atoms with van der Waals surface area (Å²) in [5, 5.41) is 3.68. The molecule has 0 fully saturated rings. The van der Waals surface area contributed by atoms with Gasteiger partial charge in [-0.15, -0.1) is 11.3 Å². The van der Waals surface area contributed by atoms with E-state index < -0.39 is 0 Å². The maximum atomic E-state index is 12.3. The molecule has 27 heavy (non-hydrogen) atoms. The zero-order chi connectivity index (χ0) is 18.6. The average Bonchev–Trinajstić information content (AvgIpc) is 3.13. The third kappa shape index (κ3) is 4.09. The monoisotopic (exact) mass is 382 g/mol. The molecule has 0 radical (unpaired) electrons. The highest BCUT2D eigenvalue weighted by Gasteiger charge is 2.16. The molecule has 7 heteroatoms. The van der Waals surface area contributed by atoms with E-state index in [0.717, 1.165) is 15.2 Å². The van der Waals surface area contributed by atoms with Crippen LogP contribution in [0.5, 0.6) is 11.5 Å². The van der Waals surface area contributed by atoms with Crippen LogP contribution in [-0.2, 0) is 11.3 Å². The molecule has 0 spiro atoms. The van der Waals surface area contributed by atoms with Gasteiger partial charge in [-0.2, -0.15) is 0 Å². The number of thiazole rings is 1. The van der Waals surface area contributed by atoms with Gasteiger partial charge < -0.3 is 14.8 Å². The van der Waals surface area contributed by atoms with E-state index in [1.54, 1.807) is 29.5 Å². The van der Waals surface area contributed by atoms with Crippen LogP contribution in [0.15, 0.2) is 42.5 Å². The molecule has 0 saturated heterocycles. The molecule has 1 aliphatic heterocycles. The highest BCUT2D eigenvalue weighted by atomic mass is 32.1. The number of nitrogens with one attached hydrogen (secondary N) is 1. The molecule has 0 atom stereocenters. The number of hydrogen-bond donors (Lipinski definition) is 1. The van der Waals surface area contributed by atoms with Gasteiger partial charge in [0.2, 0.25) is 5.91 Å². The van der Waals surface area contributed by atoms with E-state index in [0.29, 0.717) is 36.8 Å². The summed E-state index contributed by atoms with van der Waals surface area (Å²) in [5.74, 6) is 0.959. The Morgan fingerprint density at radius 1 is 1.04 bits per heavy atom. The molecule has 0 bridgehead atoms. The van der Waals surface area contributed by atoms with Crippen LogP contribution in [0.1, 0.15) is 28.2 Å². The molecule has 4 rings (SSSR count). The Hall–Kier alpha value is -2.93. The quantitative estimate of drug-likeness (QED) is 0.662. The van der Waals surface area contributed by atoms with Crippen molar-refractivity contribution in [2.45, 2.75) is 19.4 Å². The van der Waals surface area contributed by atoms with Gasteiger partial charge >= 0.3 is 0 Å². The molecule has 0 aliphatic carbocycles. The second kappa shape index (κ2) is 7.75. The number of ether oxygens (including phenoxy) is 2. The summed E-state index contributed by atoms with van der Waals surface area (Å²) in [6, 6.07) is 13.0. The fourth-order valence-corrected chi connectivity index (χ4v) is 3.75. The molecule has 1 aliphatic rings. The minimum Gasteiger partial charge on any atom is -0.486 e. The van der Waals surface area contributed by atoms with Crippen molar-refractivity contribution < 1.29 is 19.1 Å². The molecule has 0 unspecified atom stereocenters. The second-order valence-corrected chi connectivity index (χ2v) is 7.25. The Bertz CT molecular complexity index is 966. The van der Waals surface area contributed by atoms with Crippen molar-refractivity contribution in [1.82, 2.24) is 10.3 Å². The van der Waals surface area contributed by atoms with Crippen molar-refractivity contribution >= 4 is 33.2 Å². The Balaban J connectivity index is 1.29. The number of Topliss-reactive ketones (excluding diaryl/α,β-unsaturated/α-hetero) is 1. The van der Waals surface area contributed by atoms with Gasteiger partial charge in [-0.25, -0.2) is 4.98 Å². The third-order valence-electron chi connectivity index (χ3n) is 4.22. The summed E-state index contributed by atoms with van der Waals surface area (Å²) >= 11 is 1.56. The summed E-state index contributed by atoms with van der Waals surface area (Å²) in [4.78, 5) is 28.9. The van der Waals surface area contributed by atoms with Crippen molar-refractivity contribution in [3.63, 3.8) is 0 Å². The van der Waals surface area contributed by atoms with Gasteiger partial charge in [-0.1, -0.05) is 12.1 Å². The van der Waals surface area contributed by atoms with Crippen LogP contribution in [0, 0.1) is 0 Å². The van der Waals surface area contributed by atoms with Gasteiger partial charge in [0.05, 0.1) is 16.8 Å². The molecule has 138 valence electrons. The minimum absolute atomic E-state index is 0.0953. The number of benzene rings is 2. The minimum atomic E-state index is -0.167. The molecular formula is C20H18N2O4S. The fraction of sp³-hybridized carbons (Fsp3) is 0.250. The van der Waals surface area contributed by atoms with E-state index in [2.05, 4.69) is 10.3 Å². The van der Waals surface area contributed by atoms with E-state index in [-0.39, 0.29) is 24.5 Å². The number of aromatic nitrogens is 1. The second-order valence-electron chi connectivity index (χ2n) is 6.13. The zero-order valence-electron chi connectivity index (χ0n) is 14.6. The van der Waals surface area contributed by atoms with E-state index in [1.807, 2.05) is 24.3 Å². The number of hydrogen-bond acceptors (Lipinski definition) is 6. The predicted octanol–water partition coefficient (Wildman–Crippen LogP) is 3.35. The summed E-state index contributed by atoms with van der Waals surface area (Å²) in [6.45, 7) is 1.35. The van der Waals surface area contributed by atoms with Crippen LogP contribution >= 0.6 is 11.3 Å². The SMILES string of the molecule is O=C(CCC(=O)c1ccc2c(c1)OCCO2)NCc1nc2ccccc2s1. The van der Waals surface area contributed by atoms with E-state index in [4.69, 9.17) is 9.47 Å². The first-order valence-corrected chi connectivity index (χ1v) is 9.55. The lowest BCUT2D eigenvalue weighted by atomic mass is 10.1. The van der Waals surface area contributed by atoms with Crippen molar-refractivity contribution in [2.24, 2.45) is 0 Å². The molecule has 3 aromatic rings. The van der Waals surface area contributed by atoms with Crippen molar-refractivity contribution in [3.8, 4) is 11.5 Å². The molecular weight excluding hydrogens is 364 g/mol. The topological polar surface area (TPSA) is 77.5 Å². The Morgan fingerprint density at radius 2 is 1.85 bits per heavy atom. The lowest BCUT2D eigenvalue weighted by Crippen LogP contribution is -2.23. The number of fused-ring (bicyclic) bond motifs is 2. The van der Waals surface area contributed by atoms with Crippen LogP contribution in [0.4, 0.5) is 0 Å². The highest BCUT2D eigenvalue weighted by Crippen LogP contribution is 2.31. The highest BCUT2D eigenvalue weighted by molar-refractivity contribution is 7.18. The van der Waals surface area contributed by atoms with Gasteiger partial charge in [-0.05, 0) is 30.3 Å². The van der Waals surface area contributed by atoms with E-state index in [9.17, 15) is 9.59 Å². The maximum absolute atomic E-state index is 12.3. The van der Waals surface area contributed by atoms with Gasteiger partial charge in [-0.3, -0.25) is 9.59 Å². The fourth-order valence-electron chi connectivity index (χ4n) is 2.85. The molecule has 2 heterocycles. The van der Waals surface area contributed by atoms with Crippen molar-refractivity contribution in [1.29, 1.82) is 0 Å². The van der Waals surface area contributed by atoms with E-state index in [1.165, 1.54) is 0 Å². The van der Waals surface area contributed by atoms with Crippen LogP contribution < -0.4 is 14.8 Å². The largest absolute Gasteiger partial charge is 0.486 e. The summed E-state index contributed by atoms with van der Waals surface area (Å²) in [5.41, 5.74) is 1.46. The first kappa shape index (κ1) is 17.5. The number of nitrogens with zero attached hydrogens (tertiary/aromatic N) is 1. The van der Waals surface area contributed by atoms with Gasteiger partial charge in [0.25, 0.3) is 0 Å². The molecule has 0 saturated carbocycles. The summed E-state index contributed by atoms with van der Waals surface area (Å²) < 4.78 is 12.0. The van der Waals surface area contributed by atoms with Crippen LogP contribution in [-0.4, -0.2) is 29.9 Å². The van der Waals surface area contributed by atoms with Crippen LogP contribution in [0.2, 0.25) is 0 Å². The first-order chi connectivity index (χ1) is 13.2. The average molecular weight is 382 g/mol. The molecule has 1 aromatic heterocycles. The maximum Gasteiger partial charge on any atom is 0.220 e. The Labute approximate surface area is 160 Å². The van der Waals surface area contributed by atoms with Crippen LogP contribution in [0.3, 0.4) is 0 Å². The number of carbonyl (C=O) groups excluding carboxylic acids is 2. The van der Waals surface area contributed by atoms with E-state index >= 15 is 0 Å². The van der Waals surface area contributed by atoms with Crippen molar-refractivity contribution in [3.05, 3.63) is 53.0 Å². The number of rotatable bonds is 6. The smallest absolute Gasteiger partial charge is 0.220 e. The van der Waals surface area contributed by atoms with Gasteiger partial charge in [0, 0.05) is 18.4 Å². The summed E-state index contributed by atoms with van der Waals surface area (Å²) in [7, 11) is 0. The third-order valence-corrected chi connectivity index (χ3v) is 5.25. The number of amides is 1. The molecule has 6 nitrogen and oxygen atoms in total. The standard InChI is InChI=1S/C20H18N2O4S/c23-15(13-5-7-16-17(11-13)26-10-9-25-16)6-8-19(24)21-12-20-22-14-3-1-2-4-18(14)27-20/h1-5,7,11H,6,8-10,12H2,(H,21,24). The number of carbonyl (C=O) groups is 2. The Kier molecular flexibility index (Phi) is 5.02. The first-order valence-electron chi connectivity index (χ1n) is 8.73. The summed E-state index contributed by atoms with van der Waals surface area (Å²) in [6.07, 6.45) is 0.281. The van der Waals surface area contributed by atoms with Gasteiger partial charge in [0.15, 0.2) is 17.3 Å². The lowest BCUT2D eigenvalue weighted by Gasteiger charge is -2.18. The zero-order valence-corrected chi connectivity index (χ0v) is 15.4. The Morgan fingerprint density at radius 3 is 2.70 bits per heavy atom. The lowest BCUT2D eigenvalue weighted by molar-refractivity contribution is -0.121. The predicted molar refractivity (Wildman–Crippen MR) is 102 cm³/mol. The normalized spacial score (nSPS) is 12.7.